The highest BCUT2D eigenvalue weighted by atomic mass is 127. The van der Waals surface area contributed by atoms with Crippen molar-refractivity contribution in [1.29, 1.82) is 0 Å². The number of halogens is 1. The highest BCUT2D eigenvalue weighted by Crippen LogP contribution is 2.18. The smallest absolute Gasteiger partial charge is 0.246 e. The first kappa shape index (κ1) is 13.9. The number of rotatable bonds is 4. The Morgan fingerprint density at radius 2 is 1.68 bits per heavy atom. The maximum absolute atomic E-state index is 12.1. The molecule has 0 fully saturated rings. The summed E-state index contributed by atoms with van der Waals surface area (Å²) in [6.45, 7) is 1.85. The Kier molecular flexibility index (Phi) is 4.79. The van der Waals surface area contributed by atoms with Crippen LogP contribution in [-0.4, -0.2) is 11.9 Å². The Labute approximate surface area is 126 Å². The molecule has 4 heteroatoms. The Bertz CT molecular complexity index is 557. The third-order valence-electron chi connectivity index (χ3n) is 2.68. The molecule has 0 heterocycles. The Hall–Kier alpha value is -1.56. The first-order valence-electron chi connectivity index (χ1n) is 6.04. The van der Waals surface area contributed by atoms with Crippen molar-refractivity contribution >= 4 is 39.9 Å². The molecule has 2 N–H and O–H groups in total. The molecule has 0 saturated carbocycles. The van der Waals surface area contributed by atoms with Crippen molar-refractivity contribution in [1.82, 2.24) is 0 Å². The van der Waals surface area contributed by atoms with Crippen molar-refractivity contribution in [3.05, 3.63) is 58.2 Å². The van der Waals surface area contributed by atoms with Crippen molar-refractivity contribution in [3.63, 3.8) is 0 Å². The van der Waals surface area contributed by atoms with Gasteiger partial charge in [0.1, 0.15) is 6.04 Å². The summed E-state index contributed by atoms with van der Waals surface area (Å²) < 4.78 is 1.10. The summed E-state index contributed by atoms with van der Waals surface area (Å²) in [5, 5.41) is 6.09. The average molecular weight is 366 g/mol. The molecule has 2 aromatic rings. The molecule has 1 atom stereocenters. The summed E-state index contributed by atoms with van der Waals surface area (Å²) in [4.78, 5) is 12.1. The number of carbonyl (C=O) groups is 1. The van der Waals surface area contributed by atoms with Crippen molar-refractivity contribution in [2.24, 2.45) is 0 Å². The first-order chi connectivity index (χ1) is 9.16. The van der Waals surface area contributed by atoms with Gasteiger partial charge in [-0.25, -0.2) is 0 Å². The molecule has 0 aromatic heterocycles. The minimum atomic E-state index is -0.295. The van der Waals surface area contributed by atoms with Gasteiger partial charge >= 0.3 is 0 Å². The predicted octanol–water partition coefficient (Wildman–Crippen LogP) is 3.73. The molecule has 0 aliphatic carbocycles. The van der Waals surface area contributed by atoms with Gasteiger partial charge in [-0.2, -0.15) is 0 Å². The van der Waals surface area contributed by atoms with Crippen LogP contribution >= 0.6 is 22.6 Å². The summed E-state index contributed by atoms with van der Waals surface area (Å²) in [6.07, 6.45) is 0. The highest BCUT2D eigenvalue weighted by Gasteiger charge is 2.13. The minimum absolute atomic E-state index is 0.0501. The molecule has 0 bridgehead atoms. The number of hydrogen-bond donors (Lipinski definition) is 2. The minimum Gasteiger partial charge on any atom is -0.373 e. The fraction of sp³-hybridized carbons (Fsp3) is 0.133. The van der Waals surface area contributed by atoms with Gasteiger partial charge in [-0.1, -0.05) is 30.3 Å². The zero-order valence-corrected chi connectivity index (χ0v) is 12.7. The van der Waals surface area contributed by atoms with E-state index < -0.39 is 0 Å². The first-order valence-corrected chi connectivity index (χ1v) is 7.11. The van der Waals surface area contributed by atoms with Crippen LogP contribution in [0.25, 0.3) is 0 Å². The van der Waals surface area contributed by atoms with Crippen molar-refractivity contribution in [3.8, 4) is 0 Å². The van der Waals surface area contributed by atoms with Gasteiger partial charge in [0.25, 0.3) is 0 Å². The monoisotopic (exact) mass is 366 g/mol. The predicted molar refractivity (Wildman–Crippen MR) is 87.3 cm³/mol. The molecule has 19 heavy (non-hydrogen) atoms. The van der Waals surface area contributed by atoms with Crippen LogP contribution in [0.1, 0.15) is 6.92 Å². The summed E-state index contributed by atoms with van der Waals surface area (Å²) in [5.41, 5.74) is 1.78. The molecular weight excluding hydrogens is 351 g/mol. The topological polar surface area (TPSA) is 41.1 Å². The number of amides is 1. The third kappa shape index (κ3) is 3.96. The number of carbonyl (C=O) groups excluding carboxylic acids is 1. The van der Waals surface area contributed by atoms with E-state index in [4.69, 9.17) is 0 Å². The molecule has 0 radical (unpaired) electrons. The molecule has 2 rings (SSSR count). The summed E-state index contributed by atoms with van der Waals surface area (Å²) in [6, 6.07) is 17.1. The van der Waals surface area contributed by atoms with E-state index in [1.54, 1.807) is 0 Å². The maximum atomic E-state index is 12.1. The van der Waals surface area contributed by atoms with Gasteiger partial charge in [-0.3, -0.25) is 4.79 Å². The number of benzene rings is 2. The number of hydrogen-bond acceptors (Lipinski definition) is 2. The molecule has 0 saturated heterocycles. The van der Waals surface area contributed by atoms with Gasteiger partial charge in [-0.05, 0) is 53.8 Å². The largest absolute Gasteiger partial charge is 0.373 e. The summed E-state index contributed by atoms with van der Waals surface area (Å²) in [7, 11) is 0. The van der Waals surface area contributed by atoms with Gasteiger partial charge in [0.15, 0.2) is 0 Å². The molecule has 0 spiro atoms. The van der Waals surface area contributed by atoms with E-state index in [1.165, 1.54) is 0 Å². The zero-order chi connectivity index (χ0) is 13.7. The molecule has 98 valence electrons. The Morgan fingerprint density at radius 3 is 2.37 bits per heavy atom. The van der Waals surface area contributed by atoms with Gasteiger partial charge < -0.3 is 10.6 Å². The Balaban J connectivity index is 1.98. The van der Waals surface area contributed by atoms with Crippen LogP contribution in [0.15, 0.2) is 54.6 Å². The molecule has 2 aromatic carbocycles. The van der Waals surface area contributed by atoms with E-state index in [1.807, 2.05) is 61.5 Å². The lowest BCUT2D eigenvalue weighted by Crippen LogP contribution is -2.32. The molecule has 1 amide bonds. The lowest BCUT2D eigenvalue weighted by atomic mass is 10.2. The van der Waals surface area contributed by atoms with Crippen LogP contribution in [0.2, 0.25) is 0 Å². The molecule has 0 aliphatic heterocycles. The highest BCUT2D eigenvalue weighted by molar-refractivity contribution is 14.1. The molecule has 1 unspecified atom stereocenters. The van der Waals surface area contributed by atoms with Crippen molar-refractivity contribution in [2.45, 2.75) is 13.0 Å². The van der Waals surface area contributed by atoms with E-state index in [9.17, 15) is 4.79 Å². The second-order valence-electron chi connectivity index (χ2n) is 4.20. The summed E-state index contributed by atoms with van der Waals surface area (Å²) >= 11 is 2.25. The maximum Gasteiger partial charge on any atom is 0.246 e. The van der Waals surface area contributed by atoms with Crippen LogP contribution < -0.4 is 10.6 Å². The zero-order valence-electron chi connectivity index (χ0n) is 10.6. The van der Waals surface area contributed by atoms with Crippen LogP contribution in [-0.2, 0) is 4.79 Å². The lowest BCUT2D eigenvalue weighted by Gasteiger charge is -2.16. The van der Waals surface area contributed by atoms with Gasteiger partial charge in [0, 0.05) is 14.9 Å². The number of anilines is 2. The standard InChI is InChI=1S/C15H15IN2O/c1-11(17-14-10-6-5-9-13(14)16)15(19)18-12-7-3-2-4-8-12/h2-11,17H,1H3,(H,18,19). The fourth-order valence-electron chi connectivity index (χ4n) is 1.65. The van der Waals surface area contributed by atoms with Crippen LogP contribution in [0, 0.1) is 3.57 Å². The average Bonchev–Trinajstić information content (AvgIpc) is 2.42. The molecule has 0 aliphatic rings. The van der Waals surface area contributed by atoms with Crippen molar-refractivity contribution in [2.75, 3.05) is 10.6 Å². The van der Waals surface area contributed by atoms with E-state index in [0.717, 1.165) is 14.9 Å². The second kappa shape index (κ2) is 6.56. The lowest BCUT2D eigenvalue weighted by molar-refractivity contribution is -0.116. The van der Waals surface area contributed by atoms with E-state index in [2.05, 4.69) is 33.2 Å². The van der Waals surface area contributed by atoms with E-state index in [-0.39, 0.29) is 11.9 Å². The van der Waals surface area contributed by atoms with Crippen LogP contribution in [0.4, 0.5) is 11.4 Å². The van der Waals surface area contributed by atoms with Gasteiger partial charge in [0.05, 0.1) is 0 Å². The Morgan fingerprint density at radius 1 is 1.05 bits per heavy atom. The third-order valence-corrected chi connectivity index (χ3v) is 3.62. The quantitative estimate of drug-likeness (QED) is 0.810. The number of para-hydroxylation sites is 2. The SMILES string of the molecule is CC(Nc1ccccc1I)C(=O)Nc1ccccc1. The fourth-order valence-corrected chi connectivity index (χ4v) is 2.19. The van der Waals surface area contributed by atoms with Crippen LogP contribution in [0.3, 0.4) is 0 Å². The normalized spacial score (nSPS) is 11.7. The second-order valence-corrected chi connectivity index (χ2v) is 5.36. The van der Waals surface area contributed by atoms with Crippen LogP contribution in [0.5, 0.6) is 0 Å². The number of nitrogens with one attached hydrogen (secondary N) is 2. The van der Waals surface area contributed by atoms with E-state index in [0.29, 0.717) is 0 Å². The summed E-state index contributed by atoms with van der Waals surface area (Å²) in [5.74, 6) is -0.0501. The van der Waals surface area contributed by atoms with Gasteiger partial charge in [0.2, 0.25) is 5.91 Å². The van der Waals surface area contributed by atoms with E-state index >= 15 is 0 Å². The van der Waals surface area contributed by atoms with Gasteiger partial charge in [-0.15, -0.1) is 0 Å². The van der Waals surface area contributed by atoms with Crippen molar-refractivity contribution < 1.29 is 4.79 Å². The molecular formula is C15H15IN2O. The molecule has 3 nitrogen and oxygen atoms in total.